The number of rotatable bonds is 4. The molecule has 3 N–H and O–H groups in total. The summed E-state index contributed by atoms with van der Waals surface area (Å²) in [7, 11) is 0. The van der Waals surface area contributed by atoms with E-state index in [1.807, 2.05) is 23.6 Å². The van der Waals surface area contributed by atoms with E-state index in [2.05, 4.69) is 0 Å². The van der Waals surface area contributed by atoms with Crippen LogP contribution in [-0.4, -0.2) is 31.1 Å². The summed E-state index contributed by atoms with van der Waals surface area (Å²) in [6.45, 7) is -0.0770. The monoisotopic (exact) mass is 327 g/mol. The van der Waals surface area contributed by atoms with Crippen LogP contribution in [0.1, 0.15) is 0 Å². The van der Waals surface area contributed by atoms with Gasteiger partial charge in [0.05, 0.1) is 12.2 Å². The zero-order valence-electron chi connectivity index (χ0n) is 12.8. The van der Waals surface area contributed by atoms with Gasteiger partial charge in [-0.1, -0.05) is 30.3 Å². The third-order valence-electron chi connectivity index (χ3n) is 3.61. The molecule has 24 heavy (non-hydrogen) atoms. The van der Waals surface area contributed by atoms with E-state index in [1.165, 1.54) is 4.90 Å². The van der Waals surface area contributed by atoms with Crippen molar-refractivity contribution in [2.24, 2.45) is 5.84 Å². The molecule has 1 aliphatic heterocycles. The third-order valence-corrected chi connectivity index (χ3v) is 3.61. The lowest BCUT2D eigenvalue weighted by atomic mass is 10.1. The number of carbonyl (C=O) groups is 2. The van der Waals surface area contributed by atoms with Crippen molar-refractivity contribution in [1.82, 2.24) is 5.43 Å². The summed E-state index contributed by atoms with van der Waals surface area (Å²) in [5.74, 6) is 5.45. The molecule has 0 spiro atoms. The van der Waals surface area contributed by atoms with Crippen LogP contribution in [0.5, 0.6) is 11.5 Å². The standard InChI is InChI=1S/C17H17N3O4/c18-19-17(22)15-10-20(13-8-4-5-9-14(13)24-15)16(21)11-23-12-6-2-1-3-7-12/h1-9,15H,10-11,18H2,(H,19,22)/t15-/m1/s1. The number of nitrogens with zero attached hydrogens (tertiary/aromatic N) is 1. The predicted molar refractivity (Wildman–Crippen MR) is 87.5 cm³/mol. The van der Waals surface area contributed by atoms with E-state index in [0.29, 0.717) is 17.2 Å². The van der Waals surface area contributed by atoms with E-state index in [-0.39, 0.29) is 19.1 Å². The molecule has 0 fully saturated rings. The molecule has 7 heteroatoms. The number of anilines is 1. The van der Waals surface area contributed by atoms with Crippen LogP contribution in [0.2, 0.25) is 0 Å². The molecule has 0 aliphatic carbocycles. The average molecular weight is 327 g/mol. The van der Waals surface area contributed by atoms with Gasteiger partial charge < -0.3 is 14.4 Å². The fourth-order valence-corrected chi connectivity index (χ4v) is 2.44. The highest BCUT2D eigenvalue weighted by Gasteiger charge is 2.33. The maximum Gasteiger partial charge on any atom is 0.276 e. The average Bonchev–Trinajstić information content (AvgIpc) is 2.65. The predicted octanol–water partition coefficient (Wildman–Crippen LogP) is 0.850. The highest BCUT2D eigenvalue weighted by molar-refractivity contribution is 5.98. The molecule has 0 radical (unpaired) electrons. The van der Waals surface area contributed by atoms with Crippen molar-refractivity contribution in [3.63, 3.8) is 0 Å². The molecule has 0 saturated heterocycles. The number of benzene rings is 2. The Balaban J connectivity index is 1.77. The van der Waals surface area contributed by atoms with Crippen molar-refractivity contribution in [2.75, 3.05) is 18.1 Å². The van der Waals surface area contributed by atoms with E-state index in [1.54, 1.807) is 36.4 Å². The van der Waals surface area contributed by atoms with Gasteiger partial charge in [0.15, 0.2) is 12.7 Å². The highest BCUT2D eigenvalue weighted by atomic mass is 16.5. The van der Waals surface area contributed by atoms with Gasteiger partial charge in [0, 0.05) is 0 Å². The molecule has 3 rings (SSSR count). The van der Waals surface area contributed by atoms with Gasteiger partial charge >= 0.3 is 0 Å². The number of hydrogen-bond donors (Lipinski definition) is 2. The Labute approximate surface area is 138 Å². The molecule has 0 bridgehead atoms. The Morgan fingerprint density at radius 3 is 2.62 bits per heavy atom. The molecular weight excluding hydrogens is 310 g/mol. The second-order valence-corrected chi connectivity index (χ2v) is 5.19. The lowest BCUT2D eigenvalue weighted by Crippen LogP contribution is -2.53. The maximum atomic E-state index is 12.6. The van der Waals surface area contributed by atoms with Crippen molar-refractivity contribution in [2.45, 2.75) is 6.10 Å². The van der Waals surface area contributed by atoms with Crippen LogP contribution in [0.4, 0.5) is 5.69 Å². The van der Waals surface area contributed by atoms with E-state index in [0.717, 1.165) is 0 Å². The summed E-state index contributed by atoms with van der Waals surface area (Å²) < 4.78 is 11.1. The van der Waals surface area contributed by atoms with Crippen molar-refractivity contribution in [3.05, 3.63) is 54.6 Å². The Morgan fingerprint density at radius 2 is 1.88 bits per heavy atom. The summed E-state index contributed by atoms with van der Waals surface area (Å²) in [4.78, 5) is 25.8. The second-order valence-electron chi connectivity index (χ2n) is 5.19. The SMILES string of the molecule is NNC(=O)[C@H]1CN(C(=O)COc2ccccc2)c2ccccc2O1. The number of hydrazine groups is 1. The summed E-state index contributed by atoms with van der Waals surface area (Å²) in [6.07, 6.45) is -0.870. The van der Waals surface area contributed by atoms with Gasteiger partial charge in [-0.2, -0.15) is 0 Å². The Morgan fingerprint density at radius 1 is 1.17 bits per heavy atom. The molecule has 2 aromatic rings. The smallest absolute Gasteiger partial charge is 0.276 e. The summed E-state index contributed by atoms with van der Waals surface area (Å²) in [5.41, 5.74) is 2.65. The van der Waals surface area contributed by atoms with Gasteiger partial charge in [-0.25, -0.2) is 5.84 Å². The Kier molecular flexibility index (Phi) is 4.62. The van der Waals surface area contributed by atoms with Crippen molar-refractivity contribution >= 4 is 17.5 Å². The summed E-state index contributed by atoms with van der Waals surface area (Å²) in [6, 6.07) is 16.1. The zero-order chi connectivity index (χ0) is 16.9. The van der Waals surface area contributed by atoms with Gasteiger partial charge in [0.25, 0.3) is 11.8 Å². The van der Waals surface area contributed by atoms with Crippen molar-refractivity contribution < 1.29 is 19.1 Å². The van der Waals surface area contributed by atoms with Crippen LogP contribution >= 0.6 is 0 Å². The molecule has 0 unspecified atom stereocenters. The van der Waals surface area contributed by atoms with Gasteiger partial charge in [-0.15, -0.1) is 0 Å². The Hall–Kier alpha value is -3.06. The van der Waals surface area contributed by atoms with Gasteiger partial charge in [0.2, 0.25) is 0 Å². The van der Waals surface area contributed by atoms with Crippen LogP contribution < -0.4 is 25.6 Å². The van der Waals surface area contributed by atoms with Crippen LogP contribution in [0.15, 0.2) is 54.6 Å². The molecule has 1 aliphatic rings. The van der Waals surface area contributed by atoms with Crippen LogP contribution in [-0.2, 0) is 9.59 Å². The molecule has 124 valence electrons. The largest absolute Gasteiger partial charge is 0.484 e. The minimum atomic E-state index is -0.870. The molecule has 2 aromatic carbocycles. The number of hydrogen-bond acceptors (Lipinski definition) is 5. The fourth-order valence-electron chi connectivity index (χ4n) is 2.44. The molecule has 1 heterocycles. The molecule has 0 saturated carbocycles. The third kappa shape index (κ3) is 3.31. The first-order valence-corrected chi connectivity index (χ1v) is 7.43. The van der Waals surface area contributed by atoms with E-state index >= 15 is 0 Å². The maximum absolute atomic E-state index is 12.6. The molecule has 0 aromatic heterocycles. The minimum absolute atomic E-state index is 0.0665. The zero-order valence-corrected chi connectivity index (χ0v) is 12.8. The minimum Gasteiger partial charge on any atom is -0.484 e. The number of fused-ring (bicyclic) bond motifs is 1. The number of nitrogens with one attached hydrogen (secondary N) is 1. The van der Waals surface area contributed by atoms with Crippen LogP contribution in [0, 0.1) is 0 Å². The van der Waals surface area contributed by atoms with E-state index < -0.39 is 12.0 Å². The summed E-state index contributed by atoms with van der Waals surface area (Å²) in [5, 5.41) is 0. The van der Waals surface area contributed by atoms with E-state index in [9.17, 15) is 9.59 Å². The number of carbonyl (C=O) groups excluding carboxylic acids is 2. The first-order valence-electron chi connectivity index (χ1n) is 7.43. The number of para-hydroxylation sites is 3. The molecule has 7 nitrogen and oxygen atoms in total. The van der Waals surface area contributed by atoms with E-state index in [4.69, 9.17) is 15.3 Å². The Bertz CT molecular complexity index is 736. The van der Waals surface area contributed by atoms with Crippen molar-refractivity contribution in [1.29, 1.82) is 0 Å². The quantitative estimate of drug-likeness (QED) is 0.493. The molecule has 2 amide bonds. The lowest BCUT2D eigenvalue weighted by Gasteiger charge is -2.33. The van der Waals surface area contributed by atoms with Crippen LogP contribution in [0.3, 0.4) is 0 Å². The topological polar surface area (TPSA) is 93.9 Å². The normalized spacial score (nSPS) is 15.9. The number of nitrogens with two attached hydrogens (primary N) is 1. The number of ether oxygens (including phenoxy) is 2. The highest BCUT2D eigenvalue weighted by Crippen LogP contribution is 2.33. The summed E-state index contributed by atoms with van der Waals surface area (Å²) >= 11 is 0. The first-order chi connectivity index (χ1) is 11.7. The van der Waals surface area contributed by atoms with Gasteiger partial charge in [-0.05, 0) is 24.3 Å². The second kappa shape index (κ2) is 7.01. The molecule has 1 atom stereocenters. The number of amides is 2. The van der Waals surface area contributed by atoms with Crippen molar-refractivity contribution in [3.8, 4) is 11.5 Å². The fraction of sp³-hybridized carbons (Fsp3) is 0.176. The molecular formula is C17H17N3O4. The lowest BCUT2D eigenvalue weighted by molar-refractivity contribution is -0.128. The first kappa shape index (κ1) is 15.8. The van der Waals surface area contributed by atoms with Gasteiger partial charge in [0.1, 0.15) is 11.5 Å². The van der Waals surface area contributed by atoms with Gasteiger partial charge in [-0.3, -0.25) is 15.0 Å². The van der Waals surface area contributed by atoms with Crippen LogP contribution in [0.25, 0.3) is 0 Å².